The molecule has 1 aliphatic rings. The summed E-state index contributed by atoms with van der Waals surface area (Å²) >= 11 is 0. The van der Waals surface area contributed by atoms with Gasteiger partial charge in [-0.3, -0.25) is 0 Å². The zero-order valence-electron chi connectivity index (χ0n) is 14.6. The quantitative estimate of drug-likeness (QED) is 0.892. The summed E-state index contributed by atoms with van der Waals surface area (Å²) in [6.07, 6.45) is 0.557. The Labute approximate surface area is 150 Å². The molecule has 0 aliphatic carbocycles. The fraction of sp³-hybridized carbons (Fsp3) is 0.400. The highest BCUT2D eigenvalue weighted by molar-refractivity contribution is 5.85. The van der Waals surface area contributed by atoms with Crippen molar-refractivity contribution in [1.82, 2.24) is 0 Å². The first kappa shape index (κ1) is 18.6. The van der Waals surface area contributed by atoms with Crippen molar-refractivity contribution >= 4 is 18.1 Å². The van der Waals surface area contributed by atoms with Crippen LogP contribution in [0.15, 0.2) is 36.4 Å². The zero-order valence-corrected chi connectivity index (χ0v) is 15.4. The number of nitrogens with zero attached hydrogens (tertiary/aromatic N) is 1. The van der Waals surface area contributed by atoms with Crippen molar-refractivity contribution in [3.8, 4) is 5.75 Å². The van der Waals surface area contributed by atoms with Gasteiger partial charge in [0.25, 0.3) is 0 Å². The molecule has 1 aliphatic heterocycles. The van der Waals surface area contributed by atoms with Crippen LogP contribution < -0.4 is 9.64 Å². The number of hydrogen-bond acceptors (Lipinski definition) is 3. The third kappa shape index (κ3) is 4.03. The summed E-state index contributed by atoms with van der Waals surface area (Å²) in [5.41, 5.74) is 6.17. The smallest absolute Gasteiger partial charge is 0.122 e. The molecule has 1 unspecified atom stereocenters. The van der Waals surface area contributed by atoms with Crippen LogP contribution in [0.1, 0.15) is 22.3 Å². The summed E-state index contributed by atoms with van der Waals surface area (Å²) in [6.45, 7) is 8.12. The van der Waals surface area contributed by atoms with E-state index >= 15 is 0 Å². The van der Waals surface area contributed by atoms with E-state index in [1.807, 2.05) is 6.07 Å². The van der Waals surface area contributed by atoms with E-state index in [-0.39, 0.29) is 12.4 Å². The molecule has 1 heterocycles. The lowest BCUT2D eigenvalue weighted by Crippen LogP contribution is -2.34. The molecule has 0 spiro atoms. The van der Waals surface area contributed by atoms with Crippen LogP contribution in [-0.4, -0.2) is 30.9 Å². The molecule has 3 nitrogen and oxygen atoms in total. The average Bonchev–Trinajstić information content (AvgIpc) is 2.93. The van der Waals surface area contributed by atoms with Gasteiger partial charge < -0.3 is 14.7 Å². The van der Waals surface area contributed by atoms with E-state index < -0.39 is 6.10 Å². The summed E-state index contributed by atoms with van der Waals surface area (Å²) < 4.78 is 5.88. The Morgan fingerprint density at radius 2 is 1.92 bits per heavy atom. The van der Waals surface area contributed by atoms with Gasteiger partial charge >= 0.3 is 0 Å². The van der Waals surface area contributed by atoms with Crippen molar-refractivity contribution in [3.63, 3.8) is 0 Å². The molecule has 0 aromatic heterocycles. The number of ether oxygens (including phenoxy) is 1. The van der Waals surface area contributed by atoms with Crippen LogP contribution in [0.4, 0.5) is 5.69 Å². The van der Waals surface area contributed by atoms with Crippen molar-refractivity contribution in [3.05, 3.63) is 58.7 Å². The Balaban J connectivity index is 0.00000208. The molecule has 0 fully saturated rings. The number of aliphatic hydroxyl groups is 1. The van der Waals surface area contributed by atoms with Gasteiger partial charge in [0.1, 0.15) is 18.5 Å². The van der Waals surface area contributed by atoms with Gasteiger partial charge in [0.15, 0.2) is 0 Å². The molecule has 1 atom stereocenters. The summed E-state index contributed by atoms with van der Waals surface area (Å²) in [5, 5.41) is 10.4. The number of para-hydroxylation sites is 1. The fourth-order valence-electron chi connectivity index (χ4n) is 3.24. The van der Waals surface area contributed by atoms with Crippen LogP contribution in [0, 0.1) is 20.8 Å². The molecule has 0 saturated carbocycles. The summed E-state index contributed by atoms with van der Waals surface area (Å²) in [6, 6.07) is 12.6. The molecule has 130 valence electrons. The Kier molecular flexibility index (Phi) is 6.14. The standard InChI is InChI=1S/C20H25NO2.ClH/c1-14-10-15(2)16(3)20(11-14)23-13-18(22)12-21-9-8-17-6-4-5-7-19(17)21;/h4-7,10-11,18,22H,8-9,12-13H2,1-3H3;1H. The van der Waals surface area contributed by atoms with E-state index in [1.54, 1.807) is 0 Å². The fourth-order valence-corrected chi connectivity index (χ4v) is 3.24. The van der Waals surface area contributed by atoms with Crippen LogP contribution in [0.25, 0.3) is 0 Å². The van der Waals surface area contributed by atoms with Gasteiger partial charge in [-0.15, -0.1) is 12.4 Å². The number of halogens is 1. The lowest BCUT2D eigenvalue weighted by Gasteiger charge is -2.23. The molecule has 0 bridgehead atoms. The number of benzene rings is 2. The number of hydrogen-bond donors (Lipinski definition) is 1. The first-order valence-electron chi connectivity index (χ1n) is 8.26. The minimum Gasteiger partial charge on any atom is -0.491 e. The van der Waals surface area contributed by atoms with Crippen LogP contribution in [-0.2, 0) is 6.42 Å². The molecular weight excluding hydrogens is 322 g/mol. The number of aliphatic hydroxyl groups excluding tert-OH is 1. The Morgan fingerprint density at radius 3 is 2.71 bits per heavy atom. The minimum absolute atomic E-state index is 0. The molecular formula is C20H26ClNO2. The maximum absolute atomic E-state index is 10.4. The largest absolute Gasteiger partial charge is 0.491 e. The number of rotatable bonds is 5. The van der Waals surface area contributed by atoms with Crippen LogP contribution in [0.3, 0.4) is 0 Å². The van der Waals surface area contributed by atoms with Crippen molar-refractivity contribution < 1.29 is 9.84 Å². The molecule has 0 radical (unpaired) electrons. The number of anilines is 1. The second-order valence-electron chi connectivity index (χ2n) is 6.49. The van der Waals surface area contributed by atoms with Gasteiger partial charge in [0.2, 0.25) is 0 Å². The highest BCUT2D eigenvalue weighted by atomic mass is 35.5. The van der Waals surface area contributed by atoms with Gasteiger partial charge in [-0.2, -0.15) is 0 Å². The van der Waals surface area contributed by atoms with Gasteiger partial charge in [0.05, 0.1) is 0 Å². The highest BCUT2D eigenvalue weighted by Crippen LogP contribution is 2.27. The minimum atomic E-state index is -0.499. The topological polar surface area (TPSA) is 32.7 Å². The van der Waals surface area contributed by atoms with Gasteiger partial charge in [-0.25, -0.2) is 0 Å². The van der Waals surface area contributed by atoms with Crippen molar-refractivity contribution in [2.75, 3.05) is 24.6 Å². The molecule has 4 heteroatoms. The van der Waals surface area contributed by atoms with Crippen molar-refractivity contribution in [2.45, 2.75) is 33.3 Å². The van der Waals surface area contributed by atoms with E-state index in [9.17, 15) is 5.11 Å². The maximum Gasteiger partial charge on any atom is 0.122 e. The van der Waals surface area contributed by atoms with Gasteiger partial charge in [-0.05, 0) is 61.6 Å². The number of aryl methyl sites for hydroxylation is 2. The van der Waals surface area contributed by atoms with Crippen LogP contribution in [0.5, 0.6) is 5.75 Å². The summed E-state index contributed by atoms with van der Waals surface area (Å²) in [5.74, 6) is 0.878. The third-order valence-electron chi connectivity index (χ3n) is 4.61. The normalized spacial score (nSPS) is 14.1. The van der Waals surface area contributed by atoms with Crippen LogP contribution in [0.2, 0.25) is 0 Å². The first-order valence-corrected chi connectivity index (χ1v) is 8.26. The molecule has 2 aromatic rings. The summed E-state index contributed by atoms with van der Waals surface area (Å²) in [4.78, 5) is 2.25. The van der Waals surface area contributed by atoms with E-state index in [0.29, 0.717) is 13.2 Å². The predicted octanol–water partition coefficient (Wildman–Crippen LogP) is 3.84. The number of fused-ring (bicyclic) bond motifs is 1. The Morgan fingerprint density at radius 1 is 1.17 bits per heavy atom. The van der Waals surface area contributed by atoms with Gasteiger partial charge in [-0.1, -0.05) is 24.3 Å². The predicted molar refractivity (Wildman–Crippen MR) is 102 cm³/mol. The number of β-amino-alcohol motifs (C(OH)–C–C–N with tert-alkyl or cyclic N) is 1. The molecule has 24 heavy (non-hydrogen) atoms. The van der Waals surface area contributed by atoms with Gasteiger partial charge in [0, 0.05) is 18.8 Å². The second kappa shape index (κ2) is 7.91. The van der Waals surface area contributed by atoms with E-state index in [2.05, 4.69) is 56.0 Å². The summed E-state index contributed by atoms with van der Waals surface area (Å²) in [7, 11) is 0. The van der Waals surface area contributed by atoms with Crippen molar-refractivity contribution in [1.29, 1.82) is 0 Å². The molecule has 1 N–H and O–H groups in total. The highest BCUT2D eigenvalue weighted by Gasteiger charge is 2.21. The average molecular weight is 348 g/mol. The second-order valence-corrected chi connectivity index (χ2v) is 6.49. The third-order valence-corrected chi connectivity index (χ3v) is 4.61. The zero-order chi connectivity index (χ0) is 16.4. The lowest BCUT2D eigenvalue weighted by molar-refractivity contribution is 0.112. The van der Waals surface area contributed by atoms with E-state index in [4.69, 9.17) is 4.74 Å². The Hall–Kier alpha value is -1.71. The molecule has 0 amide bonds. The molecule has 3 rings (SSSR count). The maximum atomic E-state index is 10.4. The monoisotopic (exact) mass is 347 g/mol. The lowest BCUT2D eigenvalue weighted by atomic mass is 10.1. The van der Waals surface area contributed by atoms with E-state index in [0.717, 1.165) is 24.3 Å². The SMILES string of the molecule is Cc1cc(C)c(C)c(OCC(O)CN2CCc3ccccc32)c1.Cl. The molecule has 0 saturated heterocycles. The van der Waals surface area contributed by atoms with E-state index in [1.165, 1.54) is 22.4 Å². The molecule has 2 aromatic carbocycles. The first-order chi connectivity index (χ1) is 11.0. The Bertz CT molecular complexity index is 702. The van der Waals surface area contributed by atoms with Crippen LogP contribution >= 0.6 is 12.4 Å². The van der Waals surface area contributed by atoms with Crippen molar-refractivity contribution in [2.24, 2.45) is 0 Å².